The molecular formula is C10H14BrN. The summed E-state index contributed by atoms with van der Waals surface area (Å²) in [5.74, 6) is 0.685. The van der Waals surface area contributed by atoms with Gasteiger partial charge in [0, 0.05) is 6.20 Å². The minimum absolute atomic E-state index is 0.685. The number of rotatable bonds is 3. The van der Waals surface area contributed by atoms with Crippen LogP contribution in [-0.2, 0) is 0 Å². The number of hydrogen-bond acceptors (Lipinski definition) is 1. The van der Waals surface area contributed by atoms with Gasteiger partial charge < -0.3 is 0 Å². The Morgan fingerprint density at radius 3 is 2.58 bits per heavy atom. The van der Waals surface area contributed by atoms with Crippen molar-refractivity contribution >= 4 is 15.9 Å². The fourth-order valence-corrected chi connectivity index (χ4v) is 1.81. The van der Waals surface area contributed by atoms with E-state index >= 15 is 0 Å². The number of pyridine rings is 1. The van der Waals surface area contributed by atoms with E-state index in [0.717, 1.165) is 4.60 Å². The monoisotopic (exact) mass is 227 g/mol. The number of halogens is 1. The topological polar surface area (TPSA) is 12.9 Å². The Bertz CT molecular complexity index is 243. The first kappa shape index (κ1) is 9.72. The normalized spacial score (nSPS) is 10.7. The fraction of sp³-hybridized carbons (Fsp3) is 0.500. The van der Waals surface area contributed by atoms with Crippen molar-refractivity contribution in [3.8, 4) is 0 Å². The molecule has 0 aromatic carbocycles. The first-order valence-electron chi connectivity index (χ1n) is 4.39. The zero-order valence-electron chi connectivity index (χ0n) is 7.55. The minimum Gasteiger partial charge on any atom is -0.249 e. The molecular weight excluding hydrogens is 214 g/mol. The van der Waals surface area contributed by atoms with Crippen molar-refractivity contribution < 1.29 is 0 Å². The molecule has 1 rings (SSSR count). The van der Waals surface area contributed by atoms with Gasteiger partial charge in [0.2, 0.25) is 0 Å². The molecule has 0 aliphatic rings. The number of aromatic nitrogens is 1. The largest absolute Gasteiger partial charge is 0.249 e. The summed E-state index contributed by atoms with van der Waals surface area (Å²) < 4.78 is 0.937. The lowest BCUT2D eigenvalue weighted by atomic mass is 9.95. The molecule has 0 saturated heterocycles. The van der Waals surface area contributed by atoms with E-state index in [4.69, 9.17) is 0 Å². The molecule has 12 heavy (non-hydrogen) atoms. The Balaban J connectivity index is 2.85. The quantitative estimate of drug-likeness (QED) is 0.718. The molecule has 0 saturated carbocycles. The van der Waals surface area contributed by atoms with E-state index in [9.17, 15) is 0 Å². The molecule has 0 aliphatic heterocycles. The van der Waals surface area contributed by atoms with Crippen molar-refractivity contribution in [2.45, 2.75) is 32.6 Å². The molecule has 0 fully saturated rings. The molecule has 1 aromatic heterocycles. The molecule has 0 spiro atoms. The first-order chi connectivity index (χ1) is 5.77. The van der Waals surface area contributed by atoms with E-state index in [1.807, 2.05) is 6.20 Å². The van der Waals surface area contributed by atoms with Crippen molar-refractivity contribution in [3.63, 3.8) is 0 Å². The third-order valence-electron chi connectivity index (χ3n) is 2.21. The Morgan fingerprint density at radius 2 is 2.08 bits per heavy atom. The SMILES string of the molecule is CCC(CC)c1ccnc(Br)c1. The lowest BCUT2D eigenvalue weighted by Gasteiger charge is -2.11. The van der Waals surface area contributed by atoms with Gasteiger partial charge in [0.05, 0.1) is 0 Å². The maximum absolute atomic E-state index is 4.11. The highest BCUT2D eigenvalue weighted by Gasteiger charge is 2.06. The van der Waals surface area contributed by atoms with Crippen molar-refractivity contribution in [1.29, 1.82) is 0 Å². The van der Waals surface area contributed by atoms with Crippen LogP contribution in [0.5, 0.6) is 0 Å². The maximum atomic E-state index is 4.11. The second kappa shape index (κ2) is 4.61. The highest BCUT2D eigenvalue weighted by atomic mass is 79.9. The standard InChI is InChI=1S/C10H14BrN/c1-3-8(4-2)9-5-6-12-10(11)7-9/h5-8H,3-4H2,1-2H3. The van der Waals surface area contributed by atoms with E-state index in [0.29, 0.717) is 5.92 Å². The second-order valence-corrected chi connectivity index (χ2v) is 3.74. The molecule has 0 amide bonds. The van der Waals surface area contributed by atoms with Crippen LogP contribution in [0.4, 0.5) is 0 Å². The van der Waals surface area contributed by atoms with E-state index in [1.165, 1.54) is 18.4 Å². The highest BCUT2D eigenvalue weighted by Crippen LogP contribution is 2.23. The molecule has 1 nitrogen and oxygen atoms in total. The zero-order valence-corrected chi connectivity index (χ0v) is 9.13. The van der Waals surface area contributed by atoms with Crippen LogP contribution >= 0.6 is 15.9 Å². The molecule has 0 unspecified atom stereocenters. The van der Waals surface area contributed by atoms with E-state index in [2.05, 4.69) is 46.9 Å². The maximum Gasteiger partial charge on any atom is 0.106 e. The molecule has 0 N–H and O–H groups in total. The Hall–Kier alpha value is -0.370. The number of nitrogens with zero attached hydrogens (tertiary/aromatic N) is 1. The third-order valence-corrected chi connectivity index (χ3v) is 2.64. The van der Waals surface area contributed by atoms with Gasteiger partial charge in [-0.25, -0.2) is 4.98 Å². The fourth-order valence-electron chi connectivity index (χ4n) is 1.43. The average Bonchev–Trinajstić information content (AvgIpc) is 2.07. The van der Waals surface area contributed by atoms with Crippen LogP contribution < -0.4 is 0 Å². The van der Waals surface area contributed by atoms with Crippen LogP contribution in [0.15, 0.2) is 22.9 Å². The Labute approximate surface area is 82.3 Å². The molecule has 2 heteroatoms. The van der Waals surface area contributed by atoms with Crippen molar-refractivity contribution in [3.05, 3.63) is 28.5 Å². The predicted octanol–water partition coefficient (Wildman–Crippen LogP) is 3.75. The average molecular weight is 228 g/mol. The van der Waals surface area contributed by atoms with Crippen LogP contribution in [0, 0.1) is 0 Å². The van der Waals surface area contributed by atoms with Crippen LogP contribution in [-0.4, -0.2) is 4.98 Å². The highest BCUT2D eigenvalue weighted by molar-refractivity contribution is 9.10. The molecule has 0 aliphatic carbocycles. The summed E-state index contributed by atoms with van der Waals surface area (Å²) in [6.45, 7) is 4.45. The van der Waals surface area contributed by atoms with Gasteiger partial charge in [0.25, 0.3) is 0 Å². The molecule has 1 aromatic rings. The van der Waals surface area contributed by atoms with Gasteiger partial charge in [-0.2, -0.15) is 0 Å². The summed E-state index contributed by atoms with van der Waals surface area (Å²) in [7, 11) is 0. The summed E-state index contributed by atoms with van der Waals surface area (Å²) in [4.78, 5) is 4.11. The summed E-state index contributed by atoms with van der Waals surface area (Å²) in [5.41, 5.74) is 1.39. The van der Waals surface area contributed by atoms with Crippen molar-refractivity contribution in [2.75, 3.05) is 0 Å². The van der Waals surface area contributed by atoms with Gasteiger partial charge in [-0.3, -0.25) is 0 Å². The minimum atomic E-state index is 0.685. The van der Waals surface area contributed by atoms with Gasteiger partial charge in [-0.05, 0) is 52.4 Å². The predicted molar refractivity (Wildman–Crippen MR) is 55.3 cm³/mol. The zero-order chi connectivity index (χ0) is 8.97. The summed E-state index contributed by atoms with van der Waals surface area (Å²) in [5, 5.41) is 0. The van der Waals surface area contributed by atoms with Crippen LogP contribution in [0.1, 0.15) is 38.2 Å². The summed E-state index contributed by atoms with van der Waals surface area (Å²) in [6, 6.07) is 4.21. The van der Waals surface area contributed by atoms with Gasteiger partial charge in [-0.1, -0.05) is 13.8 Å². The van der Waals surface area contributed by atoms with Gasteiger partial charge in [-0.15, -0.1) is 0 Å². The second-order valence-electron chi connectivity index (χ2n) is 2.93. The van der Waals surface area contributed by atoms with Gasteiger partial charge >= 0.3 is 0 Å². The van der Waals surface area contributed by atoms with E-state index in [-0.39, 0.29) is 0 Å². The van der Waals surface area contributed by atoms with Crippen molar-refractivity contribution in [2.24, 2.45) is 0 Å². The van der Waals surface area contributed by atoms with Gasteiger partial charge in [0.15, 0.2) is 0 Å². The molecule has 0 atom stereocenters. The lowest BCUT2D eigenvalue weighted by Crippen LogP contribution is -1.95. The summed E-state index contributed by atoms with van der Waals surface area (Å²) >= 11 is 3.38. The van der Waals surface area contributed by atoms with Crippen molar-refractivity contribution in [1.82, 2.24) is 4.98 Å². The third kappa shape index (κ3) is 2.31. The Morgan fingerprint density at radius 1 is 1.42 bits per heavy atom. The first-order valence-corrected chi connectivity index (χ1v) is 5.18. The molecule has 1 heterocycles. The van der Waals surface area contributed by atoms with Gasteiger partial charge in [0.1, 0.15) is 4.60 Å². The van der Waals surface area contributed by atoms with Crippen LogP contribution in [0.3, 0.4) is 0 Å². The van der Waals surface area contributed by atoms with E-state index < -0.39 is 0 Å². The Kier molecular flexibility index (Phi) is 3.73. The number of hydrogen-bond donors (Lipinski definition) is 0. The molecule has 66 valence electrons. The smallest absolute Gasteiger partial charge is 0.106 e. The van der Waals surface area contributed by atoms with Crippen LogP contribution in [0.25, 0.3) is 0 Å². The van der Waals surface area contributed by atoms with E-state index in [1.54, 1.807) is 0 Å². The lowest BCUT2D eigenvalue weighted by molar-refractivity contribution is 0.640. The molecule has 0 bridgehead atoms. The molecule has 0 radical (unpaired) electrons. The summed E-state index contributed by atoms with van der Waals surface area (Å²) in [6.07, 6.45) is 4.26. The van der Waals surface area contributed by atoms with Crippen LogP contribution in [0.2, 0.25) is 0 Å².